The molecule has 0 saturated carbocycles. The van der Waals surface area contributed by atoms with E-state index in [-0.39, 0.29) is 31.1 Å². The van der Waals surface area contributed by atoms with Gasteiger partial charge in [-0.25, -0.2) is 0 Å². The van der Waals surface area contributed by atoms with Gasteiger partial charge in [0.25, 0.3) is 0 Å². The Kier molecular flexibility index (Phi) is 50.0. The molecule has 0 saturated heterocycles. The van der Waals surface area contributed by atoms with E-state index in [9.17, 15) is 14.4 Å². The molecule has 0 amide bonds. The Hall–Kier alpha value is -1.59. The van der Waals surface area contributed by atoms with E-state index in [0.717, 1.165) is 75.5 Å². The van der Waals surface area contributed by atoms with E-state index in [1.807, 2.05) is 0 Å². The molecule has 0 aromatic rings. The van der Waals surface area contributed by atoms with Crippen LogP contribution in [-0.2, 0) is 28.6 Å². The van der Waals surface area contributed by atoms with E-state index < -0.39 is 6.10 Å². The third-order valence-corrected chi connectivity index (χ3v) is 14.0. The molecule has 1 unspecified atom stereocenters. The van der Waals surface area contributed by atoms with Gasteiger partial charge in [0, 0.05) is 19.3 Å². The molecule has 0 aliphatic carbocycles. The predicted octanol–water partition coefficient (Wildman–Crippen LogP) is 19.5. The largest absolute Gasteiger partial charge is 0.462 e. The third-order valence-electron chi connectivity index (χ3n) is 14.0. The Morgan fingerprint density at radius 3 is 0.788 bits per heavy atom. The first-order valence-corrected chi connectivity index (χ1v) is 29.6. The molecule has 6 heteroatoms. The maximum Gasteiger partial charge on any atom is 0.306 e. The normalized spacial score (nSPS) is 12.5. The second kappa shape index (κ2) is 51.3. The summed E-state index contributed by atoms with van der Waals surface area (Å²) in [5.74, 6) is 1.70. The van der Waals surface area contributed by atoms with Gasteiger partial charge < -0.3 is 14.2 Å². The van der Waals surface area contributed by atoms with Crippen molar-refractivity contribution in [3.8, 4) is 0 Å². The number of hydrogen-bond acceptors (Lipinski definition) is 6. The lowest BCUT2D eigenvalue weighted by molar-refractivity contribution is -0.167. The van der Waals surface area contributed by atoms with Crippen LogP contribution in [0.15, 0.2) is 0 Å². The second-order valence-electron chi connectivity index (χ2n) is 21.8. The van der Waals surface area contributed by atoms with Gasteiger partial charge in [-0.3, -0.25) is 14.4 Å². The molecule has 0 radical (unpaired) electrons. The molecule has 0 heterocycles. The van der Waals surface area contributed by atoms with Crippen LogP contribution >= 0.6 is 0 Å². The molecule has 0 aliphatic heterocycles. The summed E-state index contributed by atoms with van der Waals surface area (Å²) in [6.07, 6.45) is 53.8. The minimum Gasteiger partial charge on any atom is -0.462 e. The minimum absolute atomic E-state index is 0.0637. The van der Waals surface area contributed by atoms with Gasteiger partial charge in [0.2, 0.25) is 0 Å². The summed E-state index contributed by atoms with van der Waals surface area (Å²) < 4.78 is 16.9. The highest BCUT2D eigenvalue weighted by Crippen LogP contribution is 2.19. The number of hydrogen-bond donors (Lipinski definition) is 0. The van der Waals surface area contributed by atoms with Gasteiger partial charge in [0.15, 0.2) is 6.10 Å². The van der Waals surface area contributed by atoms with Crippen LogP contribution in [0, 0.1) is 17.8 Å². The van der Waals surface area contributed by atoms with Crippen molar-refractivity contribution >= 4 is 17.9 Å². The molecule has 66 heavy (non-hydrogen) atoms. The first-order chi connectivity index (χ1) is 32.1. The van der Waals surface area contributed by atoms with Crippen molar-refractivity contribution in [1.82, 2.24) is 0 Å². The molecule has 6 nitrogen and oxygen atoms in total. The minimum atomic E-state index is -0.764. The molecule has 0 aromatic carbocycles. The lowest BCUT2D eigenvalue weighted by Crippen LogP contribution is -2.30. The van der Waals surface area contributed by atoms with Gasteiger partial charge in [0.05, 0.1) is 0 Å². The lowest BCUT2D eigenvalue weighted by Gasteiger charge is -2.18. The Morgan fingerprint density at radius 1 is 0.303 bits per heavy atom. The summed E-state index contributed by atoms with van der Waals surface area (Å²) >= 11 is 0. The van der Waals surface area contributed by atoms with Crippen molar-refractivity contribution in [2.75, 3.05) is 13.2 Å². The highest BCUT2D eigenvalue weighted by atomic mass is 16.6. The van der Waals surface area contributed by atoms with Crippen molar-refractivity contribution in [3.63, 3.8) is 0 Å². The molecule has 392 valence electrons. The molecule has 2 atom stereocenters. The van der Waals surface area contributed by atoms with Crippen LogP contribution in [0.1, 0.15) is 330 Å². The third kappa shape index (κ3) is 51.8. The van der Waals surface area contributed by atoms with Crippen molar-refractivity contribution in [2.24, 2.45) is 17.8 Å². The van der Waals surface area contributed by atoms with Gasteiger partial charge in [-0.05, 0) is 37.0 Å². The smallest absolute Gasteiger partial charge is 0.306 e. The van der Waals surface area contributed by atoms with Gasteiger partial charge >= 0.3 is 17.9 Å². The Balaban J connectivity index is 4.26. The highest BCUT2D eigenvalue weighted by Gasteiger charge is 2.19. The number of carbonyl (C=O) groups is 3. The molecule has 0 aliphatic rings. The summed E-state index contributed by atoms with van der Waals surface area (Å²) in [4.78, 5) is 38.2. The fourth-order valence-corrected chi connectivity index (χ4v) is 9.14. The van der Waals surface area contributed by atoms with Crippen LogP contribution in [0.4, 0.5) is 0 Å². The van der Waals surface area contributed by atoms with E-state index in [2.05, 4.69) is 41.5 Å². The average Bonchev–Trinajstić information content (AvgIpc) is 3.29. The van der Waals surface area contributed by atoms with E-state index in [0.29, 0.717) is 19.3 Å². The van der Waals surface area contributed by atoms with Gasteiger partial charge in [0.1, 0.15) is 13.2 Å². The highest BCUT2D eigenvalue weighted by molar-refractivity contribution is 5.71. The molecule has 0 fully saturated rings. The Bertz CT molecular complexity index is 1020. The average molecular weight is 934 g/mol. The van der Waals surface area contributed by atoms with Crippen LogP contribution in [0.5, 0.6) is 0 Å². The standard InChI is InChI=1S/C60H116O6/c1-7-56(6)48-42-36-30-26-27-33-39-45-51-60(63)66-57(53-65-59(62)50-44-38-32-25-21-17-13-12-15-19-23-29-35-41-47-55(4)5)52-64-58(61)49-43-37-31-24-20-16-11-9-8-10-14-18-22-28-34-40-46-54(2)3/h54-57H,7-53H2,1-6H3/t56?,57-/m0/s1. The Labute approximate surface area is 412 Å². The summed E-state index contributed by atoms with van der Waals surface area (Å²) in [6.45, 7) is 13.8. The monoisotopic (exact) mass is 933 g/mol. The molecular formula is C60H116O6. The molecule has 0 aromatic heterocycles. The second-order valence-corrected chi connectivity index (χ2v) is 21.8. The summed E-state index contributed by atoms with van der Waals surface area (Å²) in [5, 5.41) is 0. The van der Waals surface area contributed by atoms with Crippen molar-refractivity contribution in [3.05, 3.63) is 0 Å². The zero-order valence-electron chi connectivity index (χ0n) is 45.5. The van der Waals surface area contributed by atoms with E-state index >= 15 is 0 Å². The van der Waals surface area contributed by atoms with Crippen LogP contribution in [-0.4, -0.2) is 37.2 Å². The molecule has 0 rings (SSSR count). The van der Waals surface area contributed by atoms with E-state index in [4.69, 9.17) is 14.2 Å². The molecule has 0 spiro atoms. The molecule has 0 bridgehead atoms. The fourth-order valence-electron chi connectivity index (χ4n) is 9.14. The Morgan fingerprint density at radius 2 is 0.530 bits per heavy atom. The van der Waals surface area contributed by atoms with Gasteiger partial charge in [-0.1, -0.05) is 292 Å². The zero-order valence-corrected chi connectivity index (χ0v) is 45.5. The van der Waals surface area contributed by atoms with Crippen LogP contribution in [0.3, 0.4) is 0 Å². The maximum atomic E-state index is 12.8. The van der Waals surface area contributed by atoms with Gasteiger partial charge in [-0.2, -0.15) is 0 Å². The molecular weight excluding hydrogens is 817 g/mol. The maximum absolute atomic E-state index is 12.8. The van der Waals surface area contributed by atoms with Crippen molar-refractivity contribution in [1.29, 1.82) is 0 Å². The van der Waals surface area contributed by atoms with Crippen molar-refractivity contribution in [2.45, 2.75) is 337 Å². The van der Waals surface area contributed by atoms with E-state index in [1.165, 1.54) is 212 Å². The topological polar surface area (TPSA) is 78.9 Å². The lowest BCUT2D eigenvalue weighted by atomic mass is 9.99. The number of esters is 3. The van der Waals surface area contributed by atoms with Crippen molar-refractivity contribution < 1.29 is 28.6 Å². The molecule has 0 N–H and O–H groups in total. The number of ether oxygens (including phenoxy) is 3. The summed E-state index contributed by atoms with van der Waals surface area (Å²) in [7, 11) is 0. The first kappa shape index (κ1) is 64.4. The quantitative estimate of drug-likeness (QED) is 0.0343. The first-order valence-electron chi connectivity index (χ1n) is 29.6. The SMILES string of the molecule is CCC(C)CCCCCCCCCCC(=O)O[C@@H](COC(=O)CCCCCCCCCCCCCCCCCCC(C)C)COC(=O)CCCCCCCCCCCCCCCCC(C)C. The zero-order chi connectivity index (χ0) is 48.4. The summed E-state index contributed by atoms with van der Waals surface area (Å²) in [6, 6.07) is 0. The predicted molar refractivity (Wildman–Crippen MR) is 284 cm³/mol. The van der Waals surface area contributed by atoms with Crippen LogP contribution < -0.4 is 0 Å². The van der Waals surface area contributed by atoms with Gasteiger partial charge in [-0.15, -0.1) is 0 Å². The van der Waals surface area contributed by atoms with Crippen LogP contribution in [0.25, 0.3) is 0 Å². The van der Waals surface area contributed by atoms with Crippen LogP contribution in [0.2, 0.25) is 0 Å². The number of unbranched alkanes of at least 4 members (excludes halogenated alkanes) is 35. The number of carbonyl (C=O) groups excluding carboxylic acids is 3. The summed E-state index contributed by atoms with van der Waals surface area (Å²) in [5.41, 5.74) is 0. The van der Waals surface area contributed by atoms with E-state index in [1.54, 1.807) is 0 Å². The number of rotatable bonds is 53. The fraction of sp³-hybridized carbons (Fsp3) is 0.950.